The number of piperidine rings is 1. The van der Waals surface area contributed by atoms with Crippen molar-refractivity contribution in [1.29, 1.82) is 0 Å². The molecule has 0 aliphatic carbocycles. The minimum Gasteiger partial charge on any atom is -0.478 e. The molecule has 1 saturated heterocycles. The predicted octanol–water partition coefficient (Wildman–Crippen LogP) is 5.04. The SMILES string of the molecule is CN(CCN1CCC(OC(=O)Nc2ccccc2-c2ccccc2)CC1)C(=O)COCCCNc1ccc(C(=O)O)cc1. The highest BCUT2D eigenvalue weighted by Crippen LogP contribution is 2.28. The van der Waals surface area contributed by atoms with Gasteiger partial charge in [0.2, 0.25) is 5.91 Å². The summed E-state index contributed by atoms with van der Waals surface area (Å²) in [5, 5.41) is 15.1. The molecule has 43 heavy (non-hydrogen) atoms. The molecule has 0 saturated carbocycles. The Morgan fingerprint density at radius 1 is 0.953 bits per heavy atom. The smallest absolute Gasteiger partial charge is 0.411 e. The van der Waals surface area contributed by atoms with Crippen molar-refractivity contribution in [3.63, 3.8) is 0 Å². The maximum atomic E-state index is 12.7. The van der Waals surface area contributed by atoms with E-state index < -0.39 is 12.1 Å². The number of hydrogen-bond donors (Lipinski definition) is 3. The second-order valence-electron chi connectivity index (χ2n) is 10.5. The number of para-hydroxylation sites is 1. The number of likely N-dealkylation sites (N-methyl/N-ethyl adjacent to an activating group) is 1. The average molecular weight is 589 g/mol. The number of ether oxygens (including phenoxy) is 2. The molecule has 4 rings (SSSR count). The molecule has 1 fully saturated rings. The molecule has 0 unspecified atom stereocenters. The normalized spacial score (nSPS) is 13.7. The van der Waals surface area contributed by atoms with Crippen LogP contribution in [0.15, 0.2) is 78.9 Å². The second-order valence-corrected chi connectivity index (χ2v) is 10.5. The van der Waals surface area contributed by atoms with Gasteiger partial charge in [0.05, 0.1) is 11.3 Å². The predicted molar refractivity (Wildman–Crippen MR) is 166 cm³/mol. The van der Waals surface area contributed by atoms with Gasteiger partial charge < -0.3 is 29.7 Å². The Hall–Kier alpha value is -4.41. The van der Waals surface area contributed by atoms with Crippen LogP contribution in [0.5, 0.6) is 0 Å². The Morgan fingerprint density at radius 3 is 2.37 bits per heavy atom. The highest BCUT2D eigenvalue weighted by Gasteiger charge is 2.23. The van der Waals surface area contributed by atoms with Crippen LogP contribution in [-0.2, 0) is 14.3 Å². The fourth-order valence-electron chi connectivity index (χ4n) is 4.83. The molecule has 0 spiro atoms. The largest absolute Gasteiger partial charge is 0.478 e. The molecule has 10 heteroatoms. The summed E-state index contributed by atoms with van der Waals surface area (Å²) in [5.41, 5.74) is 3.77. The van der Waals surface area contributed by atoms with E-state index in [4.69, 9.17) is 14.6 Å². The first-order chi connectivity index (χ1) is 20.9. The van der Waals surface area contributed by atoms with E-state index in [9.17, 15) is 14.4 Å². The van der Waals surface area contributed by atoms with E-state index in [1.807, 2.05) is 54.6 Å². The van der Waals surface area contributed by atoms with Crippen molar-refractivity contribution in [2.75, 3.05) is 63.6 Å². The topological polar surface area (TPSA) is 120 Å². The molecule has 0 atom stereocenters. The molecule has 0 bridgehead atoms. The molecule has 3 aromatic carbocycles. The first kappa shape index (κ1) is 31.5. The van der Waals surface area contributed by atoms with Crippen LogP contribution in [0.25, 0.3) is 11.1 Å². The number of anilines is 2. The van der Waals surface area contributed by atoms with Gasteiger partial charge in [0.1, 0.15) is 12.7 Å². The third-order valence-electron chi connectivity index (χ3n) is 7.39. The lowest BCUT2D eigenvalue weighted by Gasteiger charge is -2.32. The number of rotatable bonds is 14. The maximum absolute atomic E-state index is 12.7. The van der Waals surface area contributed by atoms with Crippen LogP contribution in [0.4, 0.5) is 16.2 Å². The molecule has 1 aliphatic heterocycles. The number of carboxylic acid groups (broad SMARTS) is 1. The first-order valence-corrected chi connectivity index (χ1v) is 14.6. The molecular weight excluding hydrogens is 548 g/mol. The van der Waals surface area contributed by atoms with E-state index in [1.54, 1.807) is 36.2 Å². The van der Waals surface area contributed by atoms with E-state index in [1.165, 1.54) is 0 Å². The third kappa shape index (κ3) is 10.1. The lowest BCUT2D eigenvalue weighted by molar-refractivity contribution is -0.135. The zero-order valence-electron chi connectivity index (χ0n) is 24.5. The summed E-state index contributed by atoms with van der Waals surface area (Å²) in [6, 6.07) is 24.2. The average Bonchev–Trinajstić information content (AvgIpc) is 3.03. The van der Waals surface area contributed by atoms with Crippen LogP contribution in [0.3, 0.4) is 0 Å². The van der Waals surface area contributed by atoms with E-state index in [0.717, 1.165) is 49.3 Å². The summed E-state index contributed by atoms with van der Waals surface area (Å²) < 4.78 is 11.3. The minimum absolute atomic E-state index is 0.0300. The summed E-state index contributed by atoms with van der Waals surface area (Å²) in [5.74, 6) is -1.02. The van der Waals surface area contributed by atoms with Gasteiger partial charge in [-0.15, -0.1) is 0 Å². The van der Waals surface area contributed by atoms with E-state index in [2.05, 4.69) is 15.5 Å². The number of benzene rings is 3. The molecule has 1 heterocycles. The number of likely N-dealkylation sites (tertiary alicyclic amines) is 1. The Kier molecular flexibility index (Phi) is 11.9. The van der Waals surface area contributed by atoms with Crippen LogP contribution in [0, 0.1) is 0 Å². The summed E-state index contributed by atoms with van der Waals surface area (Å²) >= 11 is 0. The maximum Gasteiger partial charge on any atom is 0.411 e. The van der Waals surface area contributed by atoms with Crippen molar-refractivity contribution in [3.8, 4) is 11.1 Å². The van der Waals surface area contributed by atoms with Gasteiger partial charge in [-0.25, -0.2) is 9.59 Å². The monoisotopic (exact) mass is 588 g/mol. The number of carbonyl (C=O) groups is 3. The number of aromatic carboxylic acids is 1. The summed E-state index contributed by atoms with van der Waals surface area (Å²) in [6.45, 7) is 4.06. The summed E-state index contributed by atoms with van der Waals surface area (Å²) in [4.78, 5) is 40.0. The zero-order valence-corrected chi connectivity index (χ0v) is 24.5. The second kappa shape index (κ2) is 16.3. The Labute approximate surface area is 252 Å². The van der Waals surface area contributed by atoms with Gasteiger partial charge in [-0.2, -0.15) is 0 Å². The van der Waals surface area contributed by atoms with E-state index in [-0.39, 0.29) is 24.2 Å². The highest BCUT2D eigenvalue weighted by atomic mass is 16.6. The fourth-order valence-corrected chi connectivity index (χ4v) is 4.83. The van der Waals surface area contributed by atoms with Gasteiger partial charge in [0, 0.05) is 57.6 Å². The highest BCUT2D eigenvalue weighted by molar-refractivity contribution is 5.91. The van der Waals surface area contributed by atoms with Crippen LogP contribution < -0.4 is 10.6 Å². The van der Waals surface area contributed by atoms with E-state index >= 15 is 0 Å². The van der Waals surface area contributed by atoms with Gasteiger partial charge in [-0.3, -0.25) is 10.1 Å². The van der Waals surface area contributed by atoms with Crippen LogP contribution in [0.1, 0.15) is 29.6 Å². The number of nitrogens with one attached hydrogen (secondary N) is 2. The van der Waals surface area contributed by atoms with Gasteiger partial charge in [0.25, 0.3) is 0 Å². The minimum atomic E-state index is -0.951. The molecule has 1 aliphatic rings. The van der Waals surface area contributed by atoms with Crippen molar-refractivity contribution in [1.82, 2.24) is 9.80 Å². The quantitative estimate of drug-likeness (QED) is 0.224. The zero-order chi connectivity index (χ0) is 30.4. The van der Waals surface area contributed by atoms with Crippen molar-refractivity contribution < 1.29 is 29.0 Å². The Balaban J connectivity index is 1.06. The lowest BCUT2D eigenvalue weighted by atomic mass is 10.0. The molecule has 3 N–H and O–H groups in total. The van der Waals surface area contributed by atoms with Crippen LogP contribution in [0.2, 0.25) is 0 Å². The standard InChI is InChI=1S/C33H40N4O6/c1-36(31(38)24-42-23-7-18-34-27-14-12-26(13-15-27)32(39)40)21-22-37-19-16-28(17-20-37)43-33(41)35-30-11-6-5-10-29(30)25-8-3-2-4-9-25/h2-6,8-15,28,34H,7,16-24H2,1H3,(H,35,41)(H,39,40). The van der Waals surface area contributed by atoms with Crippen molar-refractivity contribution in [3.05, 3.63) is 84.4 Å². The molecule has 10 nitrogen and oxygen atoms in total. The molecule has 2 amide bonds. The van der Waals surface area contributed by atoms with Gasteiger partial charge in [-0.05, 0) is 55.2 Å². The summed E-state index contributed by atoms with van der Waals surface area (Å²) in [7, 11) is 1.78. The van der Waals surface area contributed by atoms with Gasteiger partial charge in [0.15, 0.2) is 0 Å². The Morgan fingerprint density at radius 2 is 1.65 bits per heavy atom. The number of nitrogens with zero attached hydrogens (tertiary/aromatic N) is 2. The first-order valence-electron chi connectivity index (χ1n) is 14.6. The van der Waals surface area contributed by atoms with Gasteiger partial charge >= 0.3 is 12.1 Å². The third-order valence-corrected chi connectivity index (χ3v) is 7.39. The summed E-state index contributed by atoms with van der Waals surface area (Å²) in [6.07, 6.45) is 1.61. The molecule has 0 radical (unpaired) electrons. The molecule has 0 aromatic heterocycles. The van der Waals surface area contributed by atoms with Crippen molar-refractivity contribution in [2.45, 2.75) is 25.4 Å². The number of carboxylic acids is 1. The molecular formula is C33H40N4O6. The molecule has 228 valence electrons. The van der Waals surface area contributed by atoms with Crippen LogP contribution in [-0.4, -0.2) is 92.0 Å². The Bertz CT molecular complexity index is 1330. The fraction of sp³-hybridized carbons (Fsp3) is 0.364. The molecule has 3 aromatic rings. The lowest BCUT2D eigenvalue weighted by Crippen LogP contribution is -2.43. The van der Waals surface area contributed by atoms with Crippen molar-refractivity contribution >= 4 is 29.3 Å². The van der Waals surface area contributed by atoms with Crippen LogP contribution >= 0.6 is 0 Å². The number of carbonyl (C=O) groups excluding carboxylic acids is 2. The number of amides is 2. The van der Waals surface area contributed by atoms with Gasteiger partial charge in [-0.1, -0.05) is 48.5 Å². The van der Waals surface area contributed by atoms with Crippen molar-refractivity contribution in [2.24, 2.45) is 0 Å². The number of hydrogen-bond acceptors (Lipinski definition) is 7. The van der Waals surface area contributed by atoms with E-state index in [0.29, 0.717) is 31.8 Å².